The van der Waals surface area contributed by atoms with Gasteiger partial charge in [-0.05, 0) is 79.8 Å². The number of likely N-dealkylation sites (tertiary alicyclic amines) is 2. The lowest BCUT2D eigenvalue weighted by Crippen LogP contribution is -2.42. The topological polar surface area (TPSA) is 52.7 Å². The summed E-state index contributed by atoms with van der Waals surface area (Å²) in [7, 11) is 0. The van der Waals surface area contributed by atoms with Gasteiger partial charge in [-0.25, -0.2) is 0 Å². The average molecular weight is 564 g/mol. The lowest BCUT2D eigenvalue weighted by molar-refractivity contribution is -0.137. The summed E-state index contributed by atoms with van der Waals surface area (Å²) < 4.78 is 38.6. The van der Waals surface area contributed by atoms with Crippen molar-refractivity contribution >= 4 is 24.2 Å². The lowest BCUT2D eigenvalue weighted by Gasteiger charge is -2.39. The van der Waals surface area contributed by atoms with Crippen LogP contribution in [0.5, 0.6) is 0 Å². The third-order valence-corrected chi connectivity index (χ3v) is 8.42. The molecule has 1 N–H and O–H groups in total. The van der Waals surface area contributed by atoms with E-state index < -0.39 is 11.7 Å². The fourth-order valence-electron chi connectivity index (χ4n) is 5.89. The van der Waals surface area contributed by atoms with E-state index in [1.807, 2.05) is 18.2 Å². The molecule has 5 nitrogen and oxygen atoms in total. The number of benzene rings is 2. The fourth-order valence-corrected chi connectivity index (χ4v) is 5.89. The Balaban J connectivity index is 0.00000353. The molecule has 1 atom stereocenters. The van der Waals surface area contributed by atoms with Crippen LogP contribution in [0.3, 0.4) is 0 Å². The summed E-state index contributed by atoms with van der Waals surface area (Å²) in [6.07, 6.45) is 1.76. The van der Waals surface area contributed by atoms with E-state index in [1.165, 1.54) is 12.1 Å². The molecule has 39 heavy (non-hydrogen) atoms. The molecule has 0 bridgehead atoms. The largest absolute Gasteiger partial charge is 0.416 e. The molecular weight excluding hydrogens is 527 g/mol. The maximum Gasteiger partial charge on any atom is 0.416 e. The minimum Gasteiger partial charge on any atom is -0.349 e. The Hall–Kier alpha value is -2.58. The maximum atomic E-state index is 12.9. The molecule has 2 saturated heterocycles. The van der Waals surface area contributed by atoms with Crippen molar-refractivity contribution in [2.75, 3.05) is 26.2 Å². The minimum absolute atomic E-state index is 0. The standard InChI is InChI=1S/C30H36F3N3O2.ClH/c31-30(32,33)25-10-8-23(9-11-25)20-36-21-29(19-28(36)38)13-16-35(17-14-29)15-12-26(24-4-2-1-3-5-24)34-27(37)18-22-6-7-22;/h1-5,8-11,22,26H,6-7,12-21H2,(H,34,37);1H/t26-;/m0./s1. The van der Waals surface area contributed by atoms with E-state index in [1.54, 1.807) is 4.90 Å². The highest BCUT2D eigenvalue weighted by Gasteiger charge is 2.44. The Bertz CT molecular complexity index is 1110. The van der Waals surface area contributed by atoms with Crippen molar-refractivity contribution in [3.05, 3.63) is 71.3 Å². The van der Waals surface area contributed by atoms with Gasteiger partial charge in [0.1, 0.15) is 0 Å². The van der Waals surface area contributed by atoms with Crippen LogP contribution in [0.25, 0.3) is 0 Å². The molecule has 0 radical (unpaired) electrons. The van der Waals surface area contributed by atoms with Crippen LogP contribution in [-0.2, 0) is 22.3 Å². The van der Waals surface area contributed by atoms with Crippen molar-refractivity contribution in [1.82, 2.24) is 15.1 Å². The summed E-state index contributed by atoms with van der Waals surface area (Å²) in [5.74, 6) is 0.773. The fraction of sp³-hybridized carbons (Fsp3) is 0.533. The second-order valence-corrected chi connectivity index (χ2v) is 11.4. The van der Waals surface area contributed by atoms with Crippen molar-refractivity contribution in [3.63, 3.8) is 0 Å². The number of rotatable bonds is 9. The SMILES string of the molecule is Cl.O=C(CC1CC1)N[C@@H](CCN1CCC2(CC1)CC(=O)N(Cc1ccc(C(F)(F)F)cc1)C2)c1ccccc1. The molecular formula is C30H37ClF3N3O2. The highest BCUT2D eigenvalue weighted by molar-refractivity contribution is 5.85. The summed E-state index contributed by atoms with van der Waals surface area (Å²) in [4.78, 5) is 29.6. The lowest BCUT2D eigenvalue weighted by atomic mass is 9.77. The Morgan fingerprint density at radius 2 is 1.69 bits per heavy atom. The van der Waals surface area contributed by atoms with Crippen LogP contribution in [0.4, 0.5) is 13.2 Å². The molecule has 2 aromatic carbocycles. The number of amides is 2. The number of hydrogen-bond acceptors (Lipinski definition) is 3. The van der Waals surface area contributed by atoms with E-state index in [0.29, 0.717) is 31.8 Å². The average Bonchev–Trinajstić information content (AvgIpc) is 3.66. The molecule has 1 spiro atoms. The summed E-state index contributed by atoms with van der Waals surface area (Å²) >= 11 is 0. The van der Waals surface area contributed by atoms with Gasteiger partial charge in [0.2, 0.25) is 11.8 Å². The Morgan fingerprint density at radius 3 is 2.31 bits per heavy atom. The van der Waals surface area contributed by atoms with Gasteiger partial charge in [-0.1, -0.05) is 42.5 Å². The number of halogens is 4. The molecule has 2 amide bonds. The predicted molar refractivity (Wildman–Crippen MR) is 146 cm³/mol. The van der Waals surface area contributed by atoms with Crippen molar-refractivity contribution in [1.29, 1.82) is 0 Å². The van der Waals surface area contributed by atoms with Gasteiger partial charge in [-0.2, -0.15) is 13.2 Å². The molecule has 0 unspecified atom stereocenters. The van der Waals surface area contributed by atoms with Gasteiger partial charge in [0, 0.05) is 32.5 Å². The number of piperidine rings is 1. The third-order valence-electron chi connectivity index (χ3n) is 8.42. The van der Waals surface area contributed by atoms with Crippen LogP contribution in [-0.4, -0.2) is 47.8 Å². The summed E-state index contributed by atoms with van der Waals surface area (Å²) in [6, 6.07) is 15.2. The molecule has 3 aliphatic rings. The number of alkyl halides is 3. The van der Waals surface area contributed by atoms with Gasteiger partial charge in [0.15, 0.2) is 0 Å². The molecule has 1 saturated carbocycles. The van der Waals surface area contributed by atoms with Crippen molar-refractivity contribution < 1.29 is 22.8 Å². The Morgan fingerprint density at radius 1 is 1.03 bits per heavy atom. The van der Waals surface area contributed by atoms with Crippen LogP contribution in [0.2, 0.25) is 0 Å². The highest BCUT2D eigenvalue weighted by Crippen LogP contribution is 2.42. The van der Waals surface area contributed by atoms with Crippen LogP contribution in [0.15, 0.2) is 54.6 Å². The van der Waals surface area contributed by atoms with Gasteiger partial charge < -0.3 is 15.1 Å². The van der Waals surface area contributed by atoms with E-state index in [2.05, 4.69) is 22.3 Å². The van der Waals surface area contributed by atoms with E-state index in [-0.39, 0.29) is 35.7 Å². The van der Waals surface area contributed by atoms with Gasteiger partial charge in [-0.15, -0.1) is 12.4 Å². The van der Waals surface area contributed by atoms with E-state index in [0.717, 1.165) is 75.0 Å². The van der Waals surface area contributed by atoms with Crippen LogP contribution < -0.4 is 5.32 Å². The first kappa shape index (κ1) is 29.4. The van der Waals surface area contributed by atoms with Crippen molar-refractivity contribution in [2.45, 2.75) is 63.7 Å². The van der Waals surface area contributed by atoms with Crippen LogP contribution >= 0.6 is 12.4 Å². The van der Waals surface area contributed by atoms with E-state index in [9.17, 15) is 22.8 Å². The second-order valence-electron chi connectivity index (χ2n) is 11.4. The molecule has 3 fully saturated rings. The summed E-state index contributed by atoms with van der Waals surface area (Å²) in [5, 5.41) is 3.26. The van der Waals surface area contributed by atoms with Gasteiger partial charge >= 0.3 is 6.18 Å². The number of carbonyl (C=O) groups is 2. The number of nitrogens with zero attached hydrogens (tertiary/aromatic N) is 2. The molecule has 2 heterocycles. The predicted octanol–water partition coefficient (Wildman–Crippen LogP) is 5.99. The maximum absolute atomic E-state index is 12.9. The zero-order valence-electron chi connectivity index (χ0n) is 22.1. The summed E-state index contributed by atoms with van der Waals surface area (Å²) in [6.45, 7) is 3.69. The zero-order chi connectivity index (χ0) is 26.8. The van der Waals surface area contributed by atoms with Crippen LogP contribution in [0.1, 0.15) is 67.7 Å². The first-order valence-electron chi connectivity index (χ1n) is 13.7. The number of carbonyl (C=O) groups excluding carboxylic acids is 2. The van der Waals surface area contributed by atoms with Gasteiger partial charge in [-0.3, -0.25) is 9.59 Å². The van der Waals surface area contributed by atoms with Crippen molar-refractivity contribution in [3.8, 4) is 0 Å². The zero-order valence-corrected chi connectivity index (χ0v) is 22.9. The molecule has 1 aliphatic carbocycles. The molecule has 212 valence electrons. The van der Waals surface area contributed by atoms with E-state index in [4.69, 9.17) is 0 Å². The molecule has 5 rings (SSSR count). The minimum atomic E-state index is -4.36. The quantitative estimate of drug-likeness (QED) is 0.408. The monoisotopic (exact) mass is 563 g/mol. The van der Waals surface area contributed by atoms with Gasteiger partial charge in [0.25, 0.3) is 0 Å². The first-order valence-corrected chi connectivity index (χ1v) is 13.7. The van der Waals surface area contributed by atoms with Crippen molar-refractivity contribution in [2.24, 2.45) is 11.3 Å². The number of nitrogens with one attached hydrogen (secondary N) is 1. The normalized spacial score (nSPS) is 20.1. The number of hydrogen-bond donors (Lipinski definition) is 1. The Labute approximate surface area is 234 Å². The first-order chi connectivity index (χ1) is 18.2. The van der Waals surface area contributed by atoms with Gasteiger partial charge in [0.05, 0.1) is 11.6 Å². The third kappa shape index (κ3) is 7.76. The van der Waals surface area contributed by atoms with E-state index >= 15 is 0 Å². The molecule has 0 aromatic heterocycles. The summed E-state index contributed by atoms with van der Waals surface area (Å²) in [5.41, 5.74) is 1.12. The molecule has 9 heteroatoms. The highest BCUT2D eigenvalue weighted by atomic mass is 35.5. The van der Waals surface area contributed by atoms with Crippen LogP contribution in [0, 0.1) is 11.3 Å². The molecule has 2 aliphatic heterocycles. The second kappa shape index (κ2) is 12.3. The molecule has 2 aromatic rings. The Kier molecular flexibility index (Phi) is 9.27. The smallest absolute Gasteiger partial charge is 0.349 e.